The maximum absolute atomic E-state index is 10.7. The Hall–Kier alpha value is -2.37. The van der Waals surface area contributed by atoms with Gasteiger partial charge in [-0.2, -0.15) is 0 Å². The summed E-state index contributed by atoms with van der Waals surface area (Å²) in [4.78, 5) is 10.7. The topological polar surface area (TPSA) is 80.0 Å². The highest BCUT2D eigenvalue weighted by Gasteiger charge is 2.08. The quantitative estimate of drug-likeness (QED) is 0.855. The second kappa shape index (κ2) is 5.51. The van der Waals surface area contributed by atoms with E-state index >= 15 is 0 Å². The molecule has 0 spiro atoms. The first kappa shape index (κ1) is 13.1. The highest BCUT2D eigenvalue weighted by atomic mass is 16.4. The van der Waals surface area contributed by atoms with Gasteiger partial charge in [0.25, 0.3) is 0 Å². The van der Waals surface area contributed by atoms with Gasteiger partial charge in [0.2, 0.25) is 0 Å². The van der Waals surface area contributed by atoms with Gasteiger partial charge in [0.15, 0.2) is 5.69 Å². The minimum atomic E-state index is -1.06. The van der Waals surface area contributed by atoms with Crippen molar-refractivity contribution in [2.75, 3.05) is 11.9 Å². The van der Waals surface area contributed by atoms with E-state index < -0.39 is 5.97 Å². The van der Waals surface area contributed by atoms with Crippen molar-refractivity contribution < 1.29 is 9.90 Å². The van der Waals surface area contributed by atoms with Crippen LogP contribution in [0.25, 0.3) is 0 Å². The molecule has 2 rings (SSSR count). The predicted molar refractivity (Wildman–Crippen MR) is 71.4 cm³/mol. The lowest BCUT2D eigenvalue weighted by Crippen LogP contribution is -2.12. The Labute approximate surface area is 111 Å². The highest BCUT2D eigenvalue weighted by Crippen LogP contribution is 2.18. The average Bonchev–Trinajstić information content (AvgIpc) is 2.82. The number of aromatic carboxylic acids is 1. The number of hydrogen-bond acceptors (Lipinski definition) is 4. The molecule has 100 valence electrons. The molecule has 0 saturated carbocycles. The van der Waals surface area contributed by atoms with E-state index in [1.54, 1.807) is 0 Å². The number of nitrogens with one attached hydrogen (secondary N) is 1. The van der Waals surface area contributed by atoms with Crippen LogP contribution in [-0.4, -0.2) is 32.6 Å². The number of carboxylic acids is 1. The lowest BCUT2D eigenvalue weighted by Gasteiger charge is -2.12. The van der Waals surface area contributed by atoms with Gasteiger partial charge >= 0.3 is 5.97 Å². The number of nitrogens with zero attached hydrogens (tertiary/aromatic N) is 3. The smallest absolute Gasteiger partial charge is 0.358 e. The second-order valence-corrected chi connectivity index (χ2v) is 4.37. The van der Waals surface area contributed by atoms with Crippen molar-refractivity contribution in [1.82, 2.24) is 15.0 Å². The fourth-order valence-corrected chi connectivity index (χ4v) is 1.89. The van der Waals surface area contributed by atoms with Crippen molar-refractivity contribution in [2.24, 2.45) is 0 Å². The first-order valence-electron chi connectivity index (χ1n) is 6.01. The van der Waals surface area contributed by atoms with Crippen LogP contribution < -0.4 is 5.32 Å². The maximum atomic E-state index is 10.7. The second-order valence-electron chi connectivity index (χ2n) is 4.37. The molecule has 0 radical (unpaired) electrons. The van der Waals surface area contributed by atoms with E-state index in [9.17, 15) is 4.79 Å². The monoisotopic (exact) mass is 260 g/mol. The predicted octanol–water partition coefficient (Wildman–Crippen LogP) is 1.71. The Morgan fingerprint density at radius 3 is 2.63 bits per heavy atom. The number of benzene rings is 1. The fraction of sp³-hybridized carbons (Fsp3) is 0.308. The van der Waals surface area contributed by atoms with Gasteiger partial charge in [0.05, 0.1) is 12.7 Å². The number of hydrogen-bond donors (Lipinski definition) is 2. The average molecular weight is 260 g/mol. The van der Waals surface area contributed by atoms with Crippen LogP contribution in [0.15, 0.2) is 24.4 Å². The molecule has 0 aliphatic carbocycles. The van der Waals surface area contributed by atoms with Crippen molar-refractivity contribution in [2.45, 2.75) is 20.4 Å². The summed E-state index contributed by atoms with van der Waals surface area (Å²) >= 11 is 0. The van der Waals surface area contributed by atoms with Crippen LogP contribution in [0, 0.1) is 13.8 Å². The molecule has 0 atom stereocenters. The van der Waals surface area contributed by atoms with Crippen LogP contribution in [0.1, 0.15) is 21.6 Å². The molecule has 0 amide bonds. The van der Waals surface area contributed by atoms with Gasteiger partial charge in [-0.25, -0.2) is 9.48 Å². The lowest BCUT2D eigenvalue weighted by atomic mass is 10.1. The summed E-state index contributed by atoms with van der Waals surface area (Å²) < 4.78 is 1.52. The number of carbonyl (C=O) groups is 1. The third-order valence-corrected chi connectivity index (χ3v) is 2.88. The molecule has 1 aromatic heterocycles. The standard InChI is InChI=1S/C13H16N4O2/c1-9-4-3-5-10(2)12(9)14-6-7-17-8-11(13(18)19)15-16-17/h3-5,8,14H,6-7H2,1-2H3,(H,18,19). The lowest BCUT2D eigenvalue weighted by molar-refractivity contribution is 0.0690. The Morgan fingerprint density at radius 1 is 1.37 bits per heavy atom. The summed E-state index contributed by atoms with van der Waals surface area (Å²) in [5.74, 6) is -1.06. The zero-order chi connectivity index (χ0) is 13.8. The number of carboxylic acid groups (broad SMARTS) is 1. The van der Waals surface area contributed by atoms with E-state index in [4.69, 9.17) is 5.11 Å². The summed E-state index contributed by atoms with van der Waals surface area (Å²) in [5.41, 5.74) is 3.45. The van der Waals surface area contributed by atoms with Crippen LogP contribution in [0.5, 0.6) is 0 Å². The van der Waals surface area contributed by atoms with Crippen LogP contribution in [0.2, 0.25) is 0 Å². The molecule has 0 aliphatic rings. The van der Waals surface area contributed by atoms with E-state index in [1.807, 2.05) is 32.0 Å². The summed E-state index contributed by atoms with van der Waals surface area (Å²) in [6, 6.07) is 6.12. The number of rotatable bonds is 5. The molecular formula is C13H16N4O2. The molecule has 6 heteroatoms. The van der Waals surface area contributed by atoms with E-state index in [1.165, 1.54) is 22.0 Å². The van der Waals surface area contributed by atoms with Gasteiger partial charge in [-0.15, -0.1) is 5.10 Å². The van der Waals surface area contributed by atoms with Crippen LogP contribution in [0.4, 0.5) is 5.69 Å². The number of aromatic nitrogens is 3. The molecular weight excluding hydrogens is 244 g/mol. The zero-order valence-corrected chi connectivity index (χ0v) is 10.9. The summed E-state index contributed by atoms with van der Waals surface area (Å²) in [6.45, 7) is 5.32. The summed E-state index contributed by atoms with van der Waals surface area (Å²) in [6.07, 6.45) is 1.43. The molecule has 2 aromatic rings. The Morgan fingerprint density at radius 2 is 2.05 bits per heavy atom. The van der Waals surface area contributed by atoms with E-state index in [0.29, 0.717) is 13.1 Å². The van der Waals surface area contributed by atoms with E-state index in [2.05, 4.69) is 15.6 Å². The molecule has 2 N–H and O–H groups in total. The van der Waals surface area contributed by atoms with Crippen molar-refractivity contribution in [3.05, 3.63) is 41.2 Å². The van der Waals surface area contributed by atoms with Gasteiger partial charge in [0, 0.05) is 12.2 Å². The van der Waals surface area contributed by atoms with Gasteiger partial charge in [-0.1, -0.05) is 23.4 Å². The fourth-order valence-electron chi connectivity index (χ4n) is 1.89. The molecule has 0 aliphatic heterocycles. The Balaban J connectivity index is 1.94. The third kappa shape index (κ3) is 3.09. The van der Waals surface area contributed by atoms with Gasteiger partial charge in [-0.3, -0.25) is 0 Å². The molecule has 0 unspecified atom stereocenters. The van der Waals surface area contributed by atoms with Crippen molar-refractivity contribution >= 4 is 11.7 Å². The molecule has 0 fully saturated rings. The number of aryl methyl sites for hydroxylation is 2. The van der Waals surface area contributed by atoms with Crippen LogP contribution >= 0.6 is 0 Å². The first-order valence-corrected chi connectivity index (χ1v) is 6.01. The molecule has 1 heterocycles. The number of anilines is 1. The van der Waals surface area contributed by atoms with Crippen LogP contribution in [-0.2, 0) is 6.54 Å². The first-order chi connectivity index (χ1) is 9.08. The van der Waals surface area contributed by atoms with Crippen LogP contribution in [0.3, 0.4) is 0 Å². The van der Waals surface area contributed by atoms with Crippen molar-refractivity contribution in [3.63, 3.8) is 0 Å². The highest BCUT2D eigenvalue weighted by molar-refractivity contribution is 5.84. The number of para-hydroxylation sites is 1. The summed E-state index contributed by atoms with van der Waals surface area (Å²) in [5, 5.41) is 19.4. The minimum absolute atomic E-state index is 0.0351. The van der Waals surface area contributed by atoms with Crippen molar-refractivity contribution in [3.8, 4) is 0 Å². The SMILES string of the molecule is Cc1cccc(C)c1NCCn1cc(C(=O)O)nn1. The minimum Gasteiger partial charge on any atom is -0.476 e. The molecule has 1 aromatic carbocycles. The zero-order valence-electron chi connectivity index (χ0n) is 10.9. The van der Waals surface area contributed by atoms with E-state index in [-0.39, 0.29) is 5.69 Å². The Bertz CT molecular complexity index is 572. The maximum Gasteiger partial charge on any atom is 0.358 e. The van der Waals surface area contributed by atoms with Gasteiger partial charge in [0.1, 0.15) is 0 Å². The van der Waals surface area contributed by atoms with E-state index in [0.717, 1.165) is 5.69 Å². The normalized spacial score (nSPS) is 10.4. The molecule has 0 saturated heterocycles. The van der Waals surface area contributed by atoms with Gasteiger partial charge in [-0.05, 0) is 25.0 Å². The largest absolute Gasteiger partial charge is 0.476 e. The van der Waals surface area contributed by atoms with Crippen molar-refractivity contribution in [1.29, 1.82) is 0 Å². The molecule has 6 nitrogen and oxygen atoms in total. The van der Waals surface area contributed by atoms with Gasteiger partial charge < -0.3 is 10.4 Å². The summed E-state index contributed by atoms with van der Waals surface area (Å²) in [7, 11) is 0. The third-order valence-electron chi connectivity index (χ3n) is 2.88. The molecule has 0 bridgehead atoms. The Kier molecular flexibility index (Phi) is 3.79. The molecule has 19 heavy (non-hydrogen) atoms.